The van der Waals surface area contributed by atoms with Gasteiger partial charge >= 0.3 is 0 Å². The van der Waals surface area contributed by atoms with E-state index in [1.54, 1.807) is 19.9 Å². The summed E-state index contributed by atoms with van der Waals surface area (Å²) in [4.78, 5) is 12.5. The highest BCUT2D eigenvalue weighted by Gasteiger charge is 2.14. The lowest BCUT2D eigenvalue weighted by atomic mass is 10.1. The maximum atomic E-state index is 10.8. The fourth-order valence-corrected chi connectivity index (χ4v) is 1.82. The molecule has 0 amide bonds. The second-order valence-corrected chi connectivity index (χ2v) is 4.69. The first kappa shape index (κ1) is 14.6. The van der Waals surface area contributed by atoms with Crippen molar-refractivity contribution >= 4 is 5.69 Å². The van der Waals surface area contributed by atoms with Crippen molar-refractivity contribution in [1.82, 2.24) is 4.90 Å². The third-order valence-corrected chi connectivity index (χ3v) is 2.98. The highest BCUT2D eigenvalue weighted by molar-refractivity contribution is 5.44. The van der Waals surface area contributed by atoms with Crippen LogP contribution in [0.15, 0.2) is 18.2 Å². The Morgan fingerprint density at radius 2 is 2.17 bits per heavy atom. The van der Waals surface area contributed by atoms with E-state index in [1.165, 1.54) is 6.07 Å². The summed E-state index contributed by atoms with van der Waals surface area (Å²) in [5, 5.41) is 20.1. The second kappa shape index (κ2) is 6.47. The Labute approximate surface area is 107 Å². The molecule has 0 saturated carbocycles. The summed E-state index contributed by atoms with van der Waals surface area (Å²) >= 11 is 0. The Balaban J connectivity index is 2.73. The number of aliphatic hydroxyl groups excluding tert-OH is 1. The molecule has 1 rings (SSSR count). The van der Waals surface area contributed by atoms with Gasteiger partial charge < -0.3 is 10.0 Å². The Morgan fingerprint density at radius 1 is 1.50 bits per heavy atom. The van der Waals surface area contributed by atoms with Crippen LogP contribution in [0.4, 0.5) is 5.69 Å². The van der Waals surface area contributed by atoms with Crippen LogP contribution in [0, 0.1) is 17.0 Å². The maximum absolute atomic E-state index is 10.8. The van der Waals surface area contributed by atoms with Crippen LogP contribution in [0.25, 0.3) is 0 Å². The van der Waals surface area contributed by atoms with E-state index in [-0.39, 0.29) is 16.7 Å². The van der Waals surface area contributed by atoms with E-state index in [1.807, 2.05) is 13.1 Å². The van der Waals surface area contributed by atoms with Crippen molar-refractivity contribution in [2.45, 2.75) is 32.9 Å². The molecule has 18 heavy (non-hydrogen) atoms. The number of benzene rings is 1. The molecule has 100 valence electrons. The topological polar surface area (TPSA) is 66.6 Å². The van der Waals surface area contributed by atoms with Crippen LogP contribution >= 0.6 is 0 Å². The Hall–Kier alpha value is -1.46. The first-order valence-corrected chi connectivity index (χ1v) is 6.01. The molecule has 0 saturated heterocycles. The van der Waals surface area contributed by atoms with Gasteiger partial charge in [0.15, 0.2) is 0 Å². The number of aliphatic hydroxyl groups is 1. The van der Waals surface area contributed by atoms with E-state index in [4.69, 9.17) is 0 Å². The lowest BCUT2D eigenvalue weighted by Gasteiger charge is -2.18. The lowest BCUT2D eigenvalue weighted by Crippen LogP contribution is -2.22. The molecular formula is C13H20N2O3. The van der Waals surface area contributed by atoms with Gasteiger partial charge in [-0.05, 0) is 32.9 Å². The van der Waals surface area contributed by atoms with Gasteiger partial charge in [-0.25, -0.2) is 0 Å². The van der Waals surface area contributed by atoms with Gasteiger partial charge in [-0.2, -0.15) is 0 Å². The van der Waals surface area contributed by atoms with Gasteiger partial charge in [0.2, 0.25) is 0 Å². The molecule has 0 aliphatic heterocycles. The standard InChI is InChI=1S/C13H20N2O3/c1-10(16)7-8-14(3)9-12-5-4-6-13(11(12)2)15(17)18/h4-6,10,16H,7-9H2,1-3H3. The van der Waals surface area contributed by atoms with Crippen molar-refractivity contribution in [2.24, 2.45) is 0 Å². The van der Waals surface area contributed by atoms with E-state index in [9.17, 15) is 15.2 Å². The molecule has 0 aliphatic rings. The van der Waals surface area contributed by atoms with Gasteiger partial charge in [0, 0.05) is 24.7 Å². The quantitative estimate of drug-likeness (QED) is 0.622. The van der Waals surface area contributed by atoms with Crippen LogP contribution in [-0.4, -0.2) is 34.6 Å². The number of rotatable bonds is 6. The minimum absolute atomic E-state index is 0.163. The van der Waals surface area contributed by atoms with Crippen LogP contribution in [0.2, 0.25) is 0 Å². The third kappa shape index (κ3) is 4.09. The van der Waals surface area contributed by atoms with Crippen LogP contribution < -0.4 is 0 Å². The molecule has 1 aromatic rings. The van der Waals surface area contributed by atoms with Gasteiger partial charge in [0.25, 0.3) is 5.69 Å². The molecule has 0 heterocycles. The second-order valence-electron chi connectivity index (χ2n) is 4.69. The van der Waals surface area contributed by atoms with Crippen molar-refractivity contribution in [3.8, 4) is 0 Å². The van der Waals surface area contributed by atoms with Crippen molar-refractivity contribution < 1.29 is 10.0 Å². The smallest absolute Gasteiger partial charge is 0.272 e. The van der Waals surface area contributed by atoms with Crippen LogP contribution in [0.5, 0.6) is 0 Å². The summed E-state index contributed by atoms with van der Waals surface area (Å²) in [5.41, 5.74) is 1.83. The molecule has 1 unspecified atom stereocenters. The zero-order valence-corrected chi connectivity index (χ0v) is 11.1. The molecule has 0 bridgehead atoms. The highest BCUT2D eigenvalue weighted by atomic mass is 16.6. The molecule has 0 radical (unpaired) electrons. The van der Waals surface area contributed by atoms with Gasteiger partial charge in [-0.3, -0.25) is 10.1 Å². The predicted octanol–water partition coefficient (Wildman–Crippen LogP) is 2.11. The minimum atomic E-state index is -0.353. The van der Waals surface area contributed by atoms with Crippen LogP contribution in [0.3, 0.4) is 0 Å². The SMILES string of the molecule is Cc1c(CN(C)CCC(C)O)cccc1[N+](=O)[O-]. The summed E-state index contributed by atoms with van der Waals surface area (Å²) in [7, 11) is 1.95. The van der Waals surface area contributed by atoms with Gasteiger partial charge in [0.05, 0.1) is 11.0 Å². The molecule has 5 heteroatoms. The molecule has 1 N–H and O–H groups in total. The van der Waals surface area contributed by atoms with Crippen LogP contribution in [-0.2, 0) is 6.54 Å². The van der Waals surface area contributed by atoms with E-state index in [2.05, 4.69) is 4.90 Å². The Kier molecular flexibility index (Phi) is 5.25. The summed E-state index contributed by atoms with van der Waals surface area (Å²) < 4.78 is 0. The summed E-state index contributed by atoms with van der Waals surface area (Å²) in [5.74, 6) is 0. The highest BCUT2D eigenvalue weighted by Crippen LogP contribution is 2.21. The molecule has 0 aromatic heterocycles. The normalized spacial score (nSPS) is 12.7. The zero-order valence-electron chi connectivity index (χ0n) is 11.1. The van der Waals surface area contributed by atoms with Gasteiger partial charge in [-0.1, -0.05) is 12.1 Å². The molecule has 0 aliphatic carbocycles. The van der Waals surface area contributed by atoms with Crippen molar-refractivity contribution in [2.75, 3.05) is 13.6 Å². The summed E-state index contributed by atoms with van der Waals surface area (Å²) in [6.45, 7) is 4.95. The average molecular weight is 252 g/mol. The van der Waals surface area contributed by atoms with Crippen molar-refractivity contribution in [1.29, 1.82) is 0 Å². The molecular weight excluding hydrogens is 232 g/mol. The number of hydrogen-bond acceptors (Lipinski definition) is 4. The number of nitrogens with zero attached hydrogens (tertiary/aromatic N) is 2. The number of hydrogen-bond donors (Lipinski definition) is 1. The van der Waals surface area contributed by atoms with E-state index in [0.717, 1.165) is 12.1 Å². The van der Waals surface area contributed by atoms with E-state index >= 15 is 0 Å². The molecule has 5 nitrogen and oxygen atoms in total. The summed E-state index contributed by atoms with van der Waals surface area (Å²) in [6.07, 6.45) is 0.378. The fourth-order valence-electron chi connectivity index (χ4n) is 1.82. The molecule has 1 atom stereocenters. The summed E-state index contributed by atoms with van der Waals surface area (Å²) in [6, 6.07) is 5.14. The fraction of sp³-hybridized carbons (Fsp3) is 0.538. The number of nitro benzene ring substituents is 1. The third-order valence-electron chi connectivity index (χ3n) is 2.98. The first-order chi connectivity index (χ1) is 8.41. The largest absolute Gasteiger partial charge is 0.393 e. The van der Waals surface area contributed by atoms with Crippen LogP contribution in [0.1, 0.15) is 24.5 Å². The van der Waals surface area contributed by atoms with E-state index < -0.39 is 0 Å². The van der Waals surface area contributed by atoms with Crippen molar-refractivity contribution in [3.05, 3.63) is 39.4 Å². The minimum Gasteiger partial charge on any atom is -0.393 e. The van der Waals surface area contributed by atoms with Crippen molar-refractivity contribution in [3.63, 3.8) is 0 Å². The zero-order chi connectivity index (χ0) is 13.7. The number of nitro groups is 1. The monoisotopic (exact) mass is 252 g/mol. The maximum Gasteiger partial charge on any atom is 0.272 e. The predicted molar refractivity (Wildman–Crippen MR) is 70.5 cm³/mol. The van der Waals surface area contributed by atoms with Gasteiger partial charge in [0.1, 0.15) is 0 Å². The Morgan fingerprint density at radius 3 is 2.72 bits per heavy atom. The molecule has 0 fully saturated rings. The Bertz CT molecular complexity index is 419. The average Bonchev–Trinajstić information content (AvgIpc) is 2.29. The van der Waals surface area contributed by atoms with Gasteiger partial charge in [-0.15, -0.1) is 0 Å². The first-order valence-electron chi connectivity index (χ1n) is 6.01. The lowest BCUT2D eigenvalue weighted by molar-refractivity contribution is -0.385. The molecule has 0 spiro atoms. The van der Waals surface area contributed by atoms with E-state index in [0.29, 0.717) is 18.5 Å². The molecule has 1 aromatic carbocycles.